The molecule has 1 aromatic heterocycles. The van der Waals surface area contributed by atoms with E-state index in [0.717, 1.165) is 22.5 Å². The zero-order valence-corrected chi connectivity index (χ0v) is 13.3. The molecule has 0 aliphatic heterocycles. The number of non-ortho nitro benzene ring substituents is 1. The monoisotopic (exact) mass is 341 g/mol. The van der Waals surface area contributed by atoms with Crippen molar-refractivity contribution in [2.24, 2.45) is 0 Å². The minimum absolute atomic E-state index is 0.214. The lowest BCUT2D eigenvalue weighted by Gasteiger charge is -2.19. The van der Waals surface area contributed by atoms with Crippen molar-refractivity contribution in [1.29, 1.82) is 0 Å². The molecule has 0 N–H and O–H groups in total. The third kappa shape index (κ3) is 3.02. The molecule has 22 heavy (non-hydrogen) atoms. The number of nitro benzene ring substituents is 1. The summed E-state index contributed by atoms with van der Waals surface area (Å²) in [6.07, 6.45) is 0. The average Bonchev–Trinajstić information content (AvgIpc) is 2.45. The standard InChI is InChI=1S/C13H12ClN3O4S/c1-9-4-3-5-13(15-9)16(2)22(20,21)12-7-6-10(17(18)19)8-11(12)14/h3-8H,1-2H3. The molecule has 0 aliphatic carbocycles. The molecule has 9 heteroatoms. The first-order chi connectivity index (χ1) is 10.2. The number of pyridine rings is 1. The van der Waals surface area contributed by atoms with E-state index in [1.165, 1.54) is 7.05 Å². The fourth-order valence-corrected chi connectivity index (χ4v) is 3.44. The second kappa shape index (κ2) is 5.90. The Labute approximate surface area is 132 Å². The Balaban J connectivity index is 2.48. The third-order valence-corrected chi connectivity index (χ3v) is 5.21. The molecule has 0 saturated carbocycles. The van der Waals surface area contributed by atoms with Gasteiger partial charge in [-0.05, 0) is 25.1 Å². The summed E-state index contributed by atoms with van der Waals surface area (Å²) < 4.78 is 26.1. The quantitative estimate of drug-likeness (QED) is 0.629. The summed E-state index contributed by atoms with van der Waals surface area (Å²) in [5, 5.41) is 10.5. The van der Waals surface area contributed by atoms with Gasteiger partial charge in [-0.1, -0.05) is 17.7 Å². The van der Waals surface area contributed by atoms with Crippen LogP contribution in [0.2, 0.25) is 5.02 Å². The van der Waals surface area contributed by atoms with Crippen LogP contribution in [0, 0.1) is 17.0 Å². The fourth-order valence-electron chi connectivity index (χ4n) is 1.79. The van der Waals surface area contributed by atoms with Crippen molar-refractivity contribution in [3.05, 3.63) is 57.2 Å². The Morgan fingerprint density at radius 1 is 1.27 bits per heavy atom. The van der Waals surface area contributed by atoms with Crippen LogP contribution in [0.15, 0.2) is 41.3 Å². The maximum atomic E-state index is 12.6. The third-order valence-electron chi connectivity index (χ3n) is 2.96. The van der Waals surface area contributed by atoms with Crippen molar-refractivity contribution >= 4 is 33.1 Å². The van der Waals surface area contributed by atoms with Crippen molar-refractivity contribution in [2.45, 2.75) is 11.8 Å². The lowest BCUT2D eigenvalue weighted by Crippen LogP contribution is -2.27. The number of halogens is 1. The van der Waals surface area contributed by atoms with Crippen LogP contribution in [-0.2, 0) is 10.0 Å². The molecule has 1 aromatic carbocycles. The van der Waals surface area contributed by atoms with Crippen LogP contribution in [0.5, 0.6) is 0 Å². The average molecular weight is 342 g/mol. The van der Waals surface area contributed by atoms with E-state index in [2.05, 4.69) is 4.98 Å². The summed E-state index contributed by atoms with van der Waals surface area (Å²) in [6.45, 7) is 1.74. The van der Waals surface area contributed by atoms with Gasteiger partial charge in [0, 0.05) is 24.9 Å². The SMILES string of the molecule is Cc1cccc(N(C)S(=O)(=O)c2ccc([N+](=O)[O-])cc2Cl)n1. The highest BCUT2D eigenvalue weighted by atomic mass is 35.5. The second-order valence-corrected chi connectivity index (χ2v) is 6.83. The minimum Gasteiger partial charge on any atom is -0.258 e. The first-order valence-electron chi connectivity index (χ1n) is 6.10. The highest BCUT2D eigenvalue weighted by molar-refractivity contribution is 7.92. The van der Waals surface area contributed by atoms with E-state index < -0.39 is 14.9 Å². The summed E-state index contributed by atoms with van der Waals surface area (Å²) in [6, 6.07) is 8.18. The first-order valence-corrected chi connectivity index (χ1v) is 7.92. The Morgan fingerprint density at radius 3 is 2.50 bits per heavy atom. The molecule has 0 amide bonds. The van der Waals surface area contributed by atoms with Gasteiger partial charge in [0.25, 0.3) is 15.7 Å². The second-order valence-electron chi connectivity index (χ2n) is 4.48. The van der Waals surface area contributed by atoms with Crippen molar-refractivity contribution in [1.82, 2.24) is 4.98 Å². The molecule has 0 radical (unpaired) electrons. The number of nitro groups is 1. The van der Waals surface area contributed by atoms with Gasteiger partial charge in [-0.25, -0.2) is 13.4 Å². The Hall–Kier alpha value is -2.19. The molecule has 0 saturated heterocycles. The summed E-state index contributed by atoms with van der Waals surface area (Å²) in [5.41, 5.74) is 0.384. The topological polar surface area (TPSA) is 93.4 Å². The van der Waals surface area contributed by atoms with E-state index in [0.29, 0.717) is 5.69 Å². The summed E-state index contributed by atoms with van der Waals surface area (Å²) >= 11 is 5.89. The number of hydrogen-bond acceptors (Lipinski definition) is 5. The predicted octanol–water partition coefficient (Wildman–Crippen LogP) is 2.78. The molecule has 0 atom stereocenters. The lowest BCUT2D eigenvalue weighted by atomic mass is 10.3. The largest absolute Gasteiger partial charge is 0.271 e. The van der Waals surface area contributed by atoms with Gasteiger partial charge in [-0.2, -0.15) is 0 Å². The van der Waals surface area contributed by atoms with Crippen LogP contribution in [-0.4, -0.2) is 25.4 Å². The van der Waals surface area contributed by atoms with Gasteiger partial charge in [-0.3, -0.25) is 14.4 Å². The zero-order chi connectivity index (χ0) is 16.5. The number of sulfonamides is 1. The molecule has 0 fully saturated rings. The van der Waals surface area contributed by atoms with Gasteiger partial charge >= 0.3 is 0 Å². The normalized spacial score (nSPS) is 11.2. The summed E-state index contributed by atoms with van der Waals surface area (Å²) in [4.78, 5) is 14.0. The first kappa shape index (κ1) is 16.2. The van der Waals surface area contributed by atoms with E-state index in [4.69, 9.17) is 11.6 Å². The van der Waals surface area contributed by atoms with Crippen LogP contribution >= 0.6 is 11.6 Å². The van der Waals surface area contributed by atoms with Crippen molar-refractivity contribution in [3.63, 3.8) is 0 Å². The predicted molar refractivity (Wildman–Crippen MR) is 82.7 cm³/mol. The fraction of sp³-hybridized carbons (Fsp3) is 0.154. The molecule has 2 rings (SSSR count). The maximum absolute atomic E-state index is 12.6. The Morgan fingerprint density at radius 2 is 1.95 bits per heavy atom. The van der Waals surface area contributed by atoms with Gasteiger partial charge < -0.3 is 0 Å². The number of rotatable bonds is 4. The molecule has 116 valence electrons. The minimum atomic E-state index is -3.97. The number of aromatic nitrogens is 1. The number of hydrogen-bond donors (Lipinski definition) is 0. The number of aryl methyl sites for hydroxylation is 1. The van der Waals surface area contributed by atoms with Crippen LogP contribution in [0.25, 0.3) is 0 Å². The highest BCUT2D eigenvalue weighted by Gasteiger charge is 2.26. The van der Waals surface area contributed by atoms with Crippen LogP contribution in [0.4, 0.5) is 11.5 Å². The van der Waals surface area contributed by atoms with E-state index in [1.807, 2.05) is 0 Å². The van der Waals surface area contributed by atoms with Gasteiger partial charge in [0.2, 0.25) is 0 Å². The van der Waals surface area contributed by atoms with E-state index in [1.54, 1.807) is 25.1 Å². The van der Waals surface area contributed by atoms with Gasteiger partial charge in [-0.15, -0.1) is 0 Å². The molecule has 0 bridgehead atoms. The molecule has 0 unspecified atom stereocenters. The number of benzene rings is 1. The van der Waals surface area contributed by atoms with Crippen LogP contribution in [0.1, 0.15) is 5.69 Å². The van der Waals surface area contributed by atoms with Gasteiger partial charge in [0.1, 0.15) is 10.7 Å². The van der Waals surface area contributed by atoms with Crippen molar-refractivity contribution in [3.8, 4) is 0 Å². The van der Waals surface area contributed by atoms with Gasteiger partial charge in [0.05, 0.1) is 9.95 Å². The molecular weight excluding hydrogens is 330 g/mol. The molecule has 0 aliphatic rings. The summed E-state index contributed by atoms with van der Waals surface area (Å²) in [5.74, 6) is 0.231. The van der Waals surface area contributed by atoms with E-state index in [9.17, 15) is 18.5 Å². The molecular formula is C13H12ClN3O4S. The zero-order valence-electron chi connectivity index (χ0n) is 11.7. The molecule has 2 aromatic rings. The Bertz CT molecular complexity index is 839. The smallest absolute Gasteiger partial charge is 0.258 e. The maximum Gasteiger partial charge on any atom is 0.271 e. The summed E-state index contributed by atoms with van der Waals surface area (Å²) in [7, 11) is -2.62. The van der Waals surface area contributed by atoms with E-state index >= 15 is 0 Å². The number of nitrogens with zero attached hydrogens (tertiary/aromatic N) is 3. The highest BCUT2D eigenvalue weighted by Crippen LogP contribution is 2.29. The molecule has 7 nitrogen and oxygen atoms in total. The van der Waals surface area contributed by atoms with Crippen molar-refractivity contribution < 1.29 is 13.3 Å². The number of anilines is 1. The van der Waals surface area contributed by atoms with Crippen LogP contribution < -0.4 is 4.31 Å². The lowest BCUT2D eigenvalue weighted by molar-refractivity contribution is -0.384. The Kier molecular flexibility index (Phi) is 4.34. The van der Waals surface area contributed by atoms with Crippen molar-refractivity contribution in [2.75, 3.05) is 11.4 Å². The van der Waals surface area contributed by atoms with Crippen LogP contribution in [0.3, 0.4) is 0 Å². The van der Waals surface area contributed by atoms with Gasteiger partial charge in [0.15, 0.2) is 0 Å². The van der Waals surface area contributed by atoms with E-state index in [-0.39, 0.29) is 21.4 Å². The molecule has 1 heterocycles. The molecule has 0 spiro atoms.